The van der Waals surface area contributed by atoms with E-state index in [0.29, 0.717) is 34.4 Å². The third-order valence-electron chi connectivity index (χ3n) is 5.10. The van der Waals surface area contributed by atoms with Crippen LogP contribution in [-0.4, -0.2) is 40.7 Å². The zero-order chi connectivity index (χ0) is 25.4. The second-order valence-corrected chi connectivity index (χ2v) is 9.60. The molecule has 0 saturated heterocycles. The Morgan fingerprint density at radius 2 is 1.80 bits per heavy atom. The number of aromatic nitrogens is 1. The number of halogens is 2. The fourth-order valence-corrected chi connectivity index (χ4v) is 4.42. The predicted octanol–water partition coefficient (Wildman–Crippen LogP) is 5.36. The van der Waals surface area contributed by atoms with E-state index in [1.807, 2.05) is 44.2 Å². The van der Waals surface area contributed by atoms with Crippen LogP contribution in [0, 0.1) is 0 Å². The molecule has 0 aliphatic heterocycles. The first kappa shape index (κ1) is 26.7. The molecule has 7 nitrogen and oxygen atoms in total. The molecule has 1 unspecified atom stereocenters. The molecule has 2 N–H and O–H groups in total. The molecule has 10 heteroatoms. The fraction of sp³-hybridized carbons (Fsp3) is 0.280. The zero-order valence-electron chi connectivity index (χ0n) is 19.4. The fourth-order valence-electron chi connectivity index (χ4n) is 3.39. The molecule has 3 aromatic rings. The van der Waals surface area contributed by atoms with Gasteiger partial charge in [-0.25, -0.2) is 4.98 Å². The van der Waals surface area contributed by atoms with Crippen molar-refractivity contribution in [2.24, 2.45) is 0 Å². The lowest BCUT2D eigenvalue weighted by atomic mass is 10.1. The molecule has 0 spiro atoms. The van der Waals surface area contributed by atoms with E-state index in [4.69, 9.17) is 23.2 Å². The number of thiazole rings is 1. The summed E-state index contributed by atoms with van der Waals surface area (Å²) < 4.78 is 0. The van der Waals surface area contributed by atoms with Gasteiger partial charge in [-0.1, -0.05) is 60.5 Å². The SMILES string of the molecule is CCCN(CC(=O)Nc1nc(CC(=O)NC(C)c2ccccc2)cs1)C(=O)c1ccc(Cl)c(Cl)c1. The van der Waals surface area contributed by atoms with Gasteiger partial charge < -0.3 is 15.5 Å². The Balaban J connectivity index is 1.55. The number of rotatable bonds is 10. The van der Waals surface area contributed by atoms with Crippen LogP contribution in [0.4, 0.5) is 5.13 Å². The average Bonchev–Trinajstić information content (AvgIpc) is 3.26. The van der Waals surface area contributed by atoms with Crippen LogP contribution in [0.2, 0.25) is 10.0 Å². The van der Waals surface area contributed by atoms with E-state index in [-0.39, 0.29) is 41.8 Å². The standard InChI is InChI=1S/C25H26Cl2N4O3S/c1-3-11-31(24(34)18-9-10-20(26)21(27)12-18)14-23(33)30-25-29-19(15-35-25)13-22(32)28-16(2)17-7-5-4-6-8-17/h4-10,12,15-16H,3,11,13-14H2,1-2H3,(H,28,32)(H,29,30,33). The number of amides is 3. The van der Waals surface area contributed by atoms with Gasteiger partial charge in [0.05, 0.1) is 28.2 Å². The number of hydrogen-bond donors (Lipinski definition) is 2. The predicted molar refractivity (Wildman–Crippen MR) is 140 cm³/mol. The molecule has 0 fully saturated rings. The summed E-state index contributed by atoms with van der Waals surface area (Å²) in [6.07, 6.45) is 0.777. The van der Waals surface area contributed by atoms with E-state index < -0.39 is 0 Å². The molecular formula is C25H26Cl2N4O3S. The van der Waals surface area contributed by atoms with Crippen LogP contribution in [0.15, 0.2) is 53.9 Å². The molecule has 0 aliphatic carbocycles. The number of nitrogens with zero attached hydrogens (tertiary/aromatic N) is 2. The summed E-state index contributed by atoms with van der Waals surface area (Å²) in [5, 5.41) is 8.38. The summed E-state index contributed by atoms with van der Waals surface area (Å²) in [5.74, 6) is -0.856. The maximum atomic E-state index is 12.9. The third kappa shape index (κ3) is 7.78. The smallest absolute Gasteiger partial charge is 0.254 e. The summed E-state index contributed by atoms with van der Waals surface area (Å²) in [7, 11) is 0. The average molecular weight is 533 g/mol. The van der Waals surface area contributed by atoms with Gasteiger partial charge >= 0.3 is 0 Å². The molecule has 1 atom stereocenters. The van der Waals surface area contributed by atoms with Gasteiger partial charge in [0.1, 0.15) is 6.54 Å². The summed E-state index contributed by atoms with van der Waals surface area (Å²) in [6.45, 7) is 4.09. The van der Waals surface area contributed by atoms with Crippen LogP contribution in [0.3, 0.4) is 0 Å². The topological polar surface area (TPSA) is 91.4 Å². The Kier molecular flexibility index (Phi) is 9.65. The Bertz CT molecular complexity index is 1190. The van der Waals surface area contributed by atoms with Crippen molar-refractivity contribution in [3.8, 4) is 0 Å². The summed E-state index contributed by atoms with van der Waals surface area (Å²) >= 11 is 13.2. The first-order valence-corrected chi connectivity index (χ1v) is 12.7. The van der Waals surface area contributed by atoms with Crippen molar-refractivity contribution in [3.05, 3.63) is 80.8 Å². The highest BCUT2D eigenvalue weighted by molar-refractivity contribution is 7.13. The second-order valence-electron chi connectivity index (χ2n) is 7.92. The van der Waals surface area contributed by atoms with E-state index in [1.54, 1.807) is 17.5 Å². The largest absolute Gasteiger partial charge is 0.349 e. The zero-order valence-corrected chi connectivity index (χ0v) is 21.7. The van der Waals surface area contributed by atoms with Gasteiger partial charge in [-0.3, -0.25) is 14.4 Å². The van der Waals surface area contributed by atoms with E-state index >= 15 is 0 Å². The summed E-state index contributed by atoms with van der Waals surface area (Å²) in [4.78, 5) is 43.7. The number of carbonyl (C=O) groups is 3. The van der Waals surface area contributed by atoms with Crippen LogP contribution in [0.5, 0.6) is 0 Å². The molecule has 1 heterocycles. The monoisotopic (exact) mass is 532 g/mol. The molecule has 3 rings (SSSR count). The van der Waals surface area contributed by atoms with Gasteiger partial charge in [0.25, 0.3) is 5.91 Å². The minimum atomic E-state index is -0.380. The molecule has 35 heavy (non-hydrogen) atoms. The molecule has 0 bridgehead atoms. The van der Waals surface area contributed by atoms with Crippen LogP contribution >= 0.6 is 34.5 Å². The van der Waals surface area contributed by atoms with Crippen molar-refractivity contribution in [1.29, 1.82) is 0 Å². The van der Waals surface area contributed by atoms with Gasteiger partial charge in [0.15, 0.2) is 5.13 Å². The molecule has 0 radical (unpaired) electrons. The van der Waals surface area contributed by atoms with E-state index in [0.717, 1.165) is 5.56 Å². The van der Waals surface area contributed by atoms with Gasteiger partial charge in [-0.15, -0.1) is 11.3 Å². The van der Waals surface area contributed by atoms with Crippen molar-refractivity contribution in [2.45, 2.75) is 32.7 Å². The highest BCUT2D eigenvalue weighted by Gasteiger charge is 2.20. The normalized spacial score (nSPS) is 11.5. The van der Waals surface area contributed by atoms with Crippen LogP contribution < -0.4 is 10.6 Å². The lowest BCUT2D eigenvalue weighted by Gasteiger charge is -2.21. The minimum absolute atomic E-state index is 0.0985. The van der Waals surface area contributed by atoms with Crippen molar-refractivity contribution < 1.29 is 14.4 Å². The molecule has 3 amide bonds. The van der Waals surface area contributed by atoms with Crippen molar-refractivity contribution in [3.63, 3.8) is 0 Å². The van der Waals surface area contributed by atoms with Crippen molar-refractivity contribution in [2.75, 3.05) is 18.4 Å². The van der Waals surface area contributed by atoms with Crippen molar-refractivity contribution >= 4 is 57.4 Å². The Hall–Kier alpha value is -2.94. The van der Waals surface area contributed by atoms with Gasteiger partial charge in [-0.2, -0.15) is 0 Å². The van der Waals surface area contributed by atoms with E-state index in [1.165, 1.54) is 22.3 Å². The first-order chi connectivity index (χ1) is 16.8. The molecular weight excluding hydrogens is 507 g/mol. The third-order valence-corrected chi connectivity index (χ3v) is 6.64. The molecule has 184 valence electrons. The Morgan fingerprint density at radius 1 is 1.06 bits per heavy atom. The first-order valence-electron chi connectivity index (χ1n) is 11.1. The lowest BCUT2D eigenvalue weighted by molar-refractivity contribution is -0.121. The molecule has 1 aromatic heterocycles. The summed E-state index contributed by atoms with van der Waals surface area (Å²) in [6, 6.07) is 14.2. The maximum Gasteiger partial charge on any atom is 0.254 e. The van der Waals surface area contributed by atoms with Gasteiger partial charge in [-0.05, 0) is 37.1 Å². The number of hydrogen-bond acceptors (Lipinski definition) is 5. The van der Waals surface area contributed by atoms with Crippen LogP contribution in [-0.2, 0) is 16.0 Å². The highest BCUT2D eigenvalue weighted by Crippen LogP contribution is 2.23. The maximum absolute atomic E-state index is 12.9. The van der Waals surface area contributed by atoms with E-state index in [9.17, 15) is 14.4 Å². The van der Waals surface area contributed by atoms with Gasteiger partial charge in [0.2, 0.25) is 11.8 Å². The molecule has 0 aliphatic rings. The second kappa shape index (κ2) is 12.7. The molecule has 2 aromatic carbocycles. The van der Waals surface area contributed by atoms with Crippen molar-refractivity contribution in [1.82, 2.24) is 15.2 Å². The number of nitrogens with one attached hydrogen (secondary N) is 2. The van der Waals surface area contributed by atoms with Gasteiger partial charge in [0, 0.05) is 17.5 Å². The Morgan fingerprint density at radius 3 is 2.49 bits per heavy atom. The Labute approximate surface area is 218 Å². The van der Waals surface area contributed by atoms with E-state index in [2.05, 4.69) is 15.6 Å². The minimum Gasteiger partial charge on any atom is -0.349 e. The number of anilines is 1. The van der Waals surface area contributed by atoms with Crippen LogP contribution in [0.25, 0.3) is 0 Å². The highest BCUT2D eigenvalue weighted by atomic mass is 35.5. The molecule has 0 saturated carbocycles. The number of benzene rings is 2. The quantitative estimate of drug-likeness (QED) is 0.367. The number of carbonyl (C=O) groups excluding carboxylic acids is 3. The summed E-state index contributed by atoms with van der Waals surface area (Å²) in [5.41, 5.74) is 1.92. The lowest BCUT2D eigenvalue weighted by Crippen LogP contribution is -2.38. The van der Waals surface area contributed by atoms with Crippen LogP contribution in [0.1, 0.15) is 47.9 Å².